The van der Waals surface area contributed by atoms with Crippen LogP contribution in [-0.4, -0.2) is 65.4 Å². The van der Waals surface area contributed by atoms with Crippen LogP contribution in [0, 0.1) is 11.8 Å². The van der Waals surface area contributed by atoms with Crippen molar-refractivity contribution in [1.29, 1.82) is 0 Å². The molecule has 2 fully saturated rings. The summed E-state index contributed by atoms with van der Waals surface area (Å²) in [6, 6.07) is 0. The van der Waals surface area contributed by atoms with Crippen molar-refractivity contribution >= 4 is 6.09 Å². The van der Waals surface area contributed by atoms with E-state index in [9.17, 15) is 9.90 Å². The van der Waals surface area contributed by atoms with Crippen LogP contribution in [0.5, 0.6) is 0 Å². The number of carbonyl (C=O) groups is 1. The molecule has 0 aromatic rings. The second kappa shape index (κ2) is 7.84. The monoisotopic (exact) mass is 326 g/mol. The van der Waals surface area contributed by atoms with E-state index in [1.807, 2.05) is 32.6 Å². The molecule has 1 amide bonds. The van der Waals surface area contributed by atoms with Crippen LogP contribution in [0.2, 0.25) is 0 Å². The summed E-state index contributed by atoms with van der Waals surface area (Å²) in [5.41, 5.74) is -0.415. The van der Waals surface area contributed by atoms with Crippen molar-refractivity contribution in [1.82, 2.24) is 9.80 Å². The maximum Gasteiger partial charge on any atom is 0.410 e. The fraction of sp³-hybridized carbons (Fsp3) is 0.944. The van der Waals surface area contributed by atoms with E-state index in [4.69, 9.17) is 4.74 Å². The summed E-state index contributed by atoms with van der Waals surface area (Å²) in [6.07, 6.45) is 4.00. The number of amides is 1. The van der Waals surface area contributed by atoms with E-state index < -0.39 is 5.60 Å². The molecular weight excluding hydrogens is 292 g/mol. The summed E-state index contributed by atoms with van der Waals surface area (Å²) in [5, 5.41) is 9.68. The summed E-state index contributed by atoms with van der Waals surface area (Å²) in [6.45, 7) is 12.6. The summed E-state index contributed by atoms with van der Waals surface area (Å²) in [4.78, 5) is 16.5. The summed E-state index contributed by atoms with van der Waals surface area (Å²) >= 11 is 0. The number of ether oxygens (including phenoxy) is 1. The van der Waals surface area contributed by atoms with Crippen molar-refractivity contribution in [2.75, 3.05) is 32.7 Å². The van der Waals surface area contributed by atoms with Crippen LogP contribution in [0.25, 0.3) is 0 Å². The molecule has 2 heterocycles. The minimum absolute atomic E-state index is 0.172. The van der Waals surface area contributed by atoms with Gasteiger partial charge in [-0.3, -0.25) is 0 Å². The Morgan fingerprint density at radius 2 is 1.70 bits per heavy atom. The number of aliphatic hydroxyl groups excluding tert-OH is 1. The van der Waals surface area contributed by atoms with Gasteiger partial charge in [0, 0.05) is 19.6 Å². The zero-order valence-electron chi connectivity index (χ0n) is 15.3. The summed E-state index contributed by atoms with van der Waals surface area (Å²) in [5.74, 6) is 1.15. The van der Waals surface area contributed by atoms with Crippen molar-refractivity contribution in [2.45, 2.75) is 65.1 Å². The molecule has 2 aliphatic rings. The highest BCUT2D eigenvalue weighted by atomic mass is 16.6. The third-order valence-corrected chi connectivity index (χ3v) is 5.10. The molecule has 0 aromatic heterocycles. The number of likely N-dealkylation sites (tertiary alicyclic amines) is 2. The molecule has 1 N–H and O–H groups in total. The standard InChI is InChI=1S/C18H34N2O3/c1-14(21)16-7-9-19(10-8-16)13-15-5-11-20(12-6-15)17(22)23-18(2,3)4/h14-16,21H,5-13H2,1-4H3. The molecule has 5 heteroatoms. The lowest BCUT2D eigenvalue weighted by Crippen LogP contribution is -2.45. The van der Waals surface area contributed by atoms with E-state index in [-0.39, 0.29) is 12.2 Å². The number of piperidine rings is 2. The van der Waals surface area contributed by atoms with Crippen LogP contribution in [0.3, 0.4) is 0 Å². The van der Waals surface area contributed by atoms with Gasteiger partial charge in [0.05, 0.1) is 6.10 Å². The van der Waals surface area contributed by atoms with Crippen molar-refractivity contribution in [3.8, 4) is 0 Å². The average molecular weight is 326 g/mol. The topological polar surface area (TPSA) is 53.0 Å². The van der Waals surface area contributed by atoms with Crippen LogP contribution in [0.4, 0.5) is 4.79 Å². The molecule has 2 aliphatic heterocycles. The van der Waals surface area contributed by atoms with Gasteiger partial charge in [0.1, 0.15) is 5.60 Å². The van der Waals surface area contributed by atoms with Crippen molar-refractivity contribution in [2.24, 2.45) is 11.8 Å². The molecule has 0 aliphatic carbocycles. The zero-order chi connectivity index (χ0) is 17.0. The van der Waals surface area contributed by atoms with Gasteiger partial charge in [-0.25, -0.2) is 4.79 Å². The average Bonchev–Trinajstić information content (AvgIpc) is 2.46. The molecule has 0 bridgehead atoms. The molecule has 0 aromatic carbocycles. The molecule has 2 rings (SSSR count). The quantitative estimate of drug-likeness (QED) is 0.866. The Bertz CT molecular complexity index is 376. The Balaban J connectivity index is 1.68. The van der Waals surface area contributed by atoms with Crippen molar-refractivity contribution in [3.63, 3.8) is 0 Å². The third-order valence-electron chi connectivity index (χ3n) is 5.10. The first-order chi connectivity index (χ1) is 10.7. The fourth-order valence-corrected chi connectivity index (χ4v) is 3.61. The first kappa shape index (κ1) is 18.5. The van der Waals surface area contributed by atoms with Crippen LogP contribution in [0.1, 0.15) is 53.4 Å². The Labute approximate surface area is 141 Å². The summed E-state index contributed by atoms with van der Waals surface area (Å²) < 4.78 is 5.45. The van der Waals surface area contributed by atoms with E-state index in [0.717, 1.165) is 58.4 Å². The number of nitrogens with zero attached hydrogens (tertiary/aromatic N) is 2. The van der Waals surface area contributed by atoms with E-state index in [1.54, 1.807) is 0 Å². The lowest BCUT2D eigenvalue weighted by molar-refractivity contribution is 0.0154. The Morgan fingerprint density at radius 3 is 2.17 bits per heavy atom. The molecule has 0 spiro atoms. The highest BCUT2D eigenvalue weighted by Crippen LogP contribution is 2.25. The molecule has 1 atom stereocenters. The van der Waals surface area contributed by atoms with E-state index >= 15 is 0 Å². The molecule has 0 saturated carbocycles. The van der Waals surface area contributed by atoms with Gasteiger partial charge < -0.3 is 19.6 Å². The molecule has 5 nitrogen and oxygen atoms in total. The van der Waals surface area contributed by atoms with Crippen molar-refractivity contribution in [3.05, 3.63) is 0 Å². The SMILES string of the molecule is CC(O)C1CCN(CC2CCN(C(=O)OC(C)(C)C)CC2)CC1. The molecule has 0 radical (unpaired) electrons. The largest absolute Gasteiger partial charge is 0.444 e. The maximum absolute atomic E-state index is 12.1. The second-order valence-electron chi connectivity index (χ2n) is 8.29. The van der Waals surface area contributed by atoms with Gasteiger partial charge in [0.2, 0.25) is 0 Å². The first-order valence-corrected chi connectivity index (χ1v) is 9.13. The Hall–Kier alpha value is -0.810. The predicted molar refractivity (Wildman–Crippen MR) is 91.4 cm³/mol. The fourth-order valence-electron chi connectivity index (χ4n) is 3.61. The van der Waals surface area contributed by atoms with Gasteiger partial charge in [0.25, 0.3) is 0 Å². The smallest absolute Gasteiger partial charge is 0.410 e. The number of rotatable bonds is 3. The minimum Gasteiger partial charge on any atom is -0.444 e. The highest BCUT2D eigenvalue weighted by molar-refractivity contribution is 5.68. The van der Waals surface area contributed by atoms with Gasteiger partial charge in [-0.05, 0) is 78.3 Å². The van der Waals surface area contributed by atoms with Gasteiger partial charge in [-0.1, -0.05) is 0 Å². The second-order valence-corrected chi connectivity index (χ2v) is 8.29. The normalized spacial score (nSPS) is 23.8. The molecule has 2 saturated heterocycles. The lowest BCUT2D eigenvalue weighted by Gasteiger charge is -2.38. The zero-order valence-corrected chi connectivity index (χ0v) is 15.3. The van der Waals surface area contributed by atoms with E-state index in [1.165, 1.54) is 0 Å². The van der Waals surface area contributed by atoms with Gasteiger partial charge in [0.15, 0.2) is 0 Å². The highest BCUT2D eigenvalue weighted by Gasteiger charge is 2.29. The first-order valence-electron chi connectivity index (χ1n) is 9.13. The van der Waals surface area contributed by atoms with Gasteiger partial charge in [-0.15, -0.1) is 0 Å². The van der Waals surface area contributed by atoms with Gasteiger partial charge in [-0.2, -0.15) is 0 Å². The number of hydrogen-bond donors (Lipinski definition) is 1. The molecular formula is C18H34N2O3. The van der Waals surface area contributed by atoms with Crippen molar-refractivity contribution < 1.29 is 14.6 Å². The summed E-state index contributed by atoms with van der Waals surface area (Å²) in [7, 11) is 0. The molecule has 23 heavy (non-hydrogen) atoms. The number of hydrogen-bond acceptors (Lipinski definition) is 4. The number of aliphatic hydroxyl groups is 1. The Morgan fingerprint density at radius 1 is 1.13 bits per heavy atom. The van der Waals surface area contributed by atoms with E-state index in [0.29, 0.717) is 11.8 Å². The third kappa shape index (κ3) is 5.96. The minimum atomic E-state index is -0.415. The van der Waals surface area contributed by atoms with E-state index in [2.05, 4.69) is 4.90 Å². The molecule has 134 valence electrons. The van der Waals surface area contributed by atoms with Crippen LogP contribution in [0.15, 0.2) is 0 Å². The van der Waals surface area contributed by atoms with Gasteiger partial charge >= 0.3 is 6.09 Å². The maximum atomic E-state index is 12.1. The molecule has 1 unspecified atom stereocenters. The van der Waals surface area contributed by atoms with Crippen LogP contribution in [-0.2, 0) is 4.74 Å². The van der Waals surface area contributed by atoms with Crippen LogP contribution >= 0.6 is 0 Å². The predicted octanol–water partition coefficient (Wildman–Crippen LogP) is 2.73. The lowest BCUT2D eigenvalue weighted by atomic mass is 9.90. The van der Waals surface area contributed by atoms with Crippen LogP contribution < -0.4 is 0 Å². The number of carbonyl (C=O) groups excluding carboxylic acids is 1. The Kier molecular flexibility index (Phi) is 6.32.